The van der Waals surface area contributed by atoms with E-state index in [9.17, 15) is 0 Å². The zero-order valence-electron chi connectivity index (χ0n) is 10.7. The summed E-state index contributed by atoms with van der Waals surface area (Å²) < 4.78 is 0. The van der Waals surface area contributed by atoms with Gasteiger partial charge in [-0.3, -0.25) is 0 Å². The van der Waals surface area contributed by atoms with E-state index in [1.165, 1.54) is 0 Å². The van der Waals surface area contributed by atoms with Gasteiger partial charge >= 0.3 is 0 Å². The highest BCUT2D eigenvalue weighted by molar-refractivity contribution is 5.57. The van der Waals surface area contributed by atoms with E-state index in [2.05, 4.69) is 26.7 Å². The minimum Gasteiger partial charge on any atom is -0.354 e. The summed E-state index contributed by atoms with van der Waals surface area (Å²) >= 11 is 0. The third-order valence-electron chi connectivity index (χ3n) is 2.50. The molecule has 1 aromatic carbocycles. The number of nitrogens with zero attached hydrogens (tertiary/aromatic N) is 3. The van der Waals surface area contributed by atoms with Crippen LogP contribution in [0.1, 0.15) is 12.5 Å². The first-order valence-corrected chi connectivity index (χ1v) is 6.11. The standard InChI is InChI=1S/C14H15N5/c1-2-16-14-17-10-8-13(19-14)18-12-5-3-11(4-6-12)7-9-15/h3-6,8,10H,2,7H2,1H3,(H2,16,17,18,19). The van der Waals surface area contributed by atoms with Crippen molar-refractivity contribution in [3.8, 4) is 6.07 Å². The van der Waals surface area contributed by atoms with Gasteiger partial charge in [0.1, 0.15) is 5.82 Å². The molecule has 0 unspecified atom stereocenters. The lowest BCUT2D eigenvalue weighted by atomic mass is 10.1. The Morgan fingerprint density at radius 1 is 1.21 bits per heavy atom. The minimum atomic E-state index is 0.429. The third kappa shape index (κ3) is 3.68. The van der Waals surface area contributed by atoms with E-state index in [-0.39, 0.29) is 0 Å². The zero-order chi connectivity index (χ0) is 13.5. The van der Waals surface area contributed by atoms with E-state index in [1.54, 1.807) is 6.20 Å². The van der Waals surface area contributed by atoms with Gasteiger partial charge in [-0.05, 0) is 30.7 Å². The number of anilines is 3. The predicted octanol–water partition coefficient (Wildman–Crippen LogP) is 2.72. The number of hydrogen-bond acceptors (Lipinski definition) is 5. The number of hydrogen-bond donors (Lipinski definition) is 2. The Balaban J connectivity index is 2.08. The normalized spacial score (nSPS) is 9.68. The van der Waals surface area contributed by atoms with Gasteiger partial charge in [-0.2, -0.15) is 10.2 Å². The lowest BCUT2D eigenvalue weighted by molar-refractivity contribution is 1.09. The van der Waals surface area contributed by atoms with Crippen LogP contribution in [-0.2, 0) is 6.42 Å². The maximum atomic E-state index is 8.62. The van der Waals surface area contributed by atoms with E-state index in [1.807, 2.05) is 37.3 Å². The predicted molar refractivity (Wildman–Crippen MR) is 75.2 cm³/mol. The van der Waals surface area contributed by atoms with Crippen molar-refractivity contribution in [3.05, 3.63) is 42.1 Å². The average molecular weight is 253 g/mol. The summed E-state index contributed by atoms with van der Waals surface area (Å²) in [5.41, 5.74) is 1.94. The lowest BCUT2D eigenvalue weighted by Gasteiger charge is -2.07. The molecule has 2 aromatic rings. The van der Waals surface area contributed by atoms with Gasteiger partial charge in [-0.25, -0.2) is 4.98 Å². The van der Waals surface area contributed by atoms with Crippen LogP contribution in [0.15, 0.2) is 36.5 Å². The van der Waals surface area contributed by atoms with Gasteiger partial charge in [0.2, 0.25) is 5.95 Å². The molecule has 1 aromatic heterocycles. The molecular weight excluding hydrogens is 238 g/mol. The highest BCUT2D eigenvalue weighted by Crippen LogP contribution is 2.16. The number of rotatable bonds is 5. The summed E-state index contributed by atoms with van der Waals surface area (Å²) in [4.78, 5) is 8.44. The molecule has 1 heterocycles. The molecule has 0 atom stereocenters. The zero-order valence-corrected chi connectivity index (χ0v) is 10.7. The molecule has 0 saturated heterocycles. The monoisotopic (exact) mass is 253 g/mol. The van der Waals surface area contributed by atoms with Gasteiger partial charge in [-0.1, -0.05) is 12.1 Å². The summed E-state index contributed by atoms with van der Waals surface area (Å²) in [5, 5.41) is 14.9. The molecule has 0 spiro atoms. The Bertz CT molecular complexity index is 571. The first-order valence-electron chi connectivity index (χ1n) is 6.11. The molecule has 0 bridgehead atoms. The molecule has 5 nitrogen and oxygen atoms in total. The molecule has 2 rings (SSSR count). The molecule has 0 amide bonds. The van der Waals surface area contributed by atoms with E-state index >= 15 is 0 Å². The van der Waals surface area contributed by atoms with Gasteiger partial charge < -0.3 is 10.6 Å². The van der Waals surface area contributed by atoms with E-state index in [0.717, 1.165) is 23.6 Å². The Kier molecular flexibility index (Phi) is 4.29. The van der Waals surface area contributed by atoms with E-state index in [4.69, 9.17) is 5.26 Å². The van der Waals surface area contributed by atoms with Gasteiger partial charge in [0.25, 0.3) is 0 Å². The Labute approximate surface area is 112 Å². The van der Waals surface area contributed by atoms with Crippen LogP contribution in [-0.4, -0.2) is 16.5 Å². The third-order valence-corrected chi connectivity index (χ3v) is 2.50. The molecule has 0 aliphatic rings. The number of aromatic nitrogens is 2. The fraction of sp³-hybridized carbons (Fsp3) is 0.214. The number of benzene rings is 1. The molecule has 96 valence electrons. The first-order chi connectivity index (χ1) is 9.31. The lowest BCUT2D eigenvalue weighted by Crippen LogP contribution is -2.03. The Morgan fingerprint density at radius 2 is 2.00 bits per heavy atom. The molecule has 0 aliphatic carbocycles. The van der Waals surface area contributed by atoms with Crippen molar-refractivity contribution in [2.24, 2.45) is 0 Å². The maximum absolute atomic E-state index is 8.62. The van der Waals surface area contributed by atoms with Gasteiger partial charge in [0.15, 0.2) is 0 Å². The van der Waals surface area contributed by atoms with Crippen LogP contribution in [0, 0.1) is 11.3 Å². The molecule has 5 heteroatoms. The quantitative estimate of drug-likeness (QED) is 0.857. The van der Waals surface area contributed by atoms with Crippen molar-refractivity contribution in [2.45, 2.75) is 13.3 Å². The van der Waals surface area contributed by atoms with Crippen LogP contribution in [0.4, 0.5) is 17.5 Å². The summed E-state index contributed by atoms with van der Waals surface area (Å²) in [7, 11) is 0. The van der Waals surface area contributed by atoms with Gasteiger partial charge in [-0.15, -0.1) is 0 Å². The van der Waals surface area contributed by atoms with E-state index < -0.39 is 0 Å². The Hall–Kier alpha value is -2.61. The second-order valence-corrected chi connectivity index (χ2v) is 3.95. The first kappa shape index (κ1) is 12.8. The van der Waals surface area contributed by atoms with Crippen LogP contribution in [0.2, 0.25) is 0 Å². The molecule has 0 radical (unpaired) electrons. The smallest absolute Gasteiger partial charge is 0.224 e. The second-order valence-electron chi connectivity index (χ2n) is 3.95. The Morgan fingerprint density at radius 3 is 2.68 bits per heavy atom. The maximum Gasteiger partial charge on any atom is 0.224 e. The van der Waals surface area contributed by atoms with Crippen LogP contribution < -0.4 is 10.6 Å². The summed E-state index contributed by atoms with van der Waals surface area (Å²) in [6, 6.07) is 11.7. The van der Waals surface area contributed by atoms with Crippen LogP contribution in [0.3, 0.4) is 0 Å². The van der Waals surface area contributed by atoms with Crippen LogP contribution in [0.25, 0.3) is 0 Å². The number of nitrogens with one attached hydrogen (secondary N) is 2. The summed E-state index contributed by atoms with van der Waals surface area (Å²) in [6.07, 6.45) is 2.13. The van der Waals surface area contributed by atoms with Crippen LogP contribution in [0.5, 0.6) is 0 Å². The van der Waals surface area contributed by atoms with Gasteiger partial charge in [0, 0.05) is 18.4 Å². The molecular formula is C14H15N5. The van der Waals surface area contributed by atoms with Crippen molar-refractivity contribution in [1.29, 1.82) is 5.26 Å². The topological polar surface area (TPSA) is 73.6 Å². The van der Waals surface area contributed by atoms with Crippen molar-refractivity contribution in [3.63, 3.8) is 0 Å². The molecule has 19 heavy (non-hydrogen) atoms. The summed E-state index contributed by atoms with van der Waals surface area (Å²) in [6.45, 7) is 2.78. The summed E-state index contributed by atoms with van der Waals surface area (Å²) in [5.74, 6) is 1.34. The highest BCUT2D eigenvalue weighted by Gasteiger charge is 1.99. The molecule has 2 N–H and O–H groups in total. The van der Waals surface area contributed by atoms with Crippen molar-refractivity contribution in [2.75, 3.05) is 17.2 Å². The van der Waals surface area contributed by atoms with Crippen molar-refractivity contribution in [1.82, 2.24) is 9.97 Å². The average Bonchev–Trinajstić information content (AvgIpc) is 2.42. The molecule has 0 fully saturated rings. The highest BCUT2D eigenvalue weighted by atomic mass is 15.1. The van der Waals surface area contributed by atoms with E-state index in [0.29, 0.717) is 12.4 Å². The van der Waals surface area contributed by atoms with Gasteiger partial charge in [0.05, 0.1) is 12.5 Å². The largest absolute Gasteiger partial charge is 0.354 e. The molecule has 0 saturated carbocycles. The molecule has 0 aliphatic heterocycles. The minimum absolute atomic E-state index is 0.429. The fourth-order valence-corrected chi connectivity index (χ4v) is 1.62. The van der Waals surface area contributed by atoms with Crippen LogP contribution >= 0.6 is 0 Å². The van der Waals surface area contributed by atoms with Crippen molar-refractivity contribution >= 4 is 17.5 Å². The second kappa shape index (κ2) is 6.36. The fourth-order valence-electron chi connectivity index (χ4n) is 1.62. The SMILES string of the molecule is CCNc1nccc(Nc2ccc(CC#N)cc2)n1. The number of nitriles is 1. The van der Waals surface area contributed by atoms with Crippen molar-refractivity contribution < 1.29 is 0 Å².